The predicted molar refractivity (Wildman–Crippen MR) is 66.0 cm³/mol. The minimum Gasteiger partial charge on any atom is -0.379 e. The van der Waals surface area contributed by atoms with Crippen LogP contribution in [0.3, 0.4) is 0 Å². The van der Waals surface area contributed by atoms with Gasteiger partial charge in [0.1, 0.15) is 5.82 Å². The minimum absolute atomic E-state index is 0.332. The Labute approximate surface area is 101 Å². The fourth-order valence-corrected chi connectivity index (χ4v) is 2.84. The Kier molecular flexibility index (Phi) is 4.12. The summed E-state index contributed by atoms with van der Waals surface area (Å²) < 4.78 is 9.77. The molecule has 1 aromatic heterocycles. The molecule has 1 aliphatic rings. The predicted octanol–water partition coefficient (Wildman–Crippen LogP) is 2.47. The molecule has 2 atom stereocenters. The van der Waals surface area contributed by atoms with Gasteiger partial charge in [-0.05, 0) is 25.7 Å². The molecule has 5 heteroatoms. The van der Waals surface area contributed by atoms with Crippen LogP contribution in [0, 0.1) is 0 Å². The van der Waals surface area contributed by atoms with Crippen molar-refractivity contribution in [2.75, 3.05) is 12.4 Å². The third kappa shape index (κ3) is 2.71. The first-order chi connectivity index (χ1) is 7.83. The van der Waals surface area contributed by atoms with E-state index in [-0.39, 0.29) is 0 Å². The number of methoxy groups -OCH3 is 1. The molecule has 0 aromatic carbocycles. The first-order valence-corrected chi connectivity index (χ1v) is 6.72. The Morgan fingerprint density at radius 3 is 3.12 bits per heavy atom. The van der Waals surface area contributed by atoms with E-state index < -0.39 is 0 Å². The van der Waals surface area contributed by atoms with Crippen molar-refractivity contribution in [3.63, 3.8) is 0 Å². The second-order valence-electron chi connectivity index (χ2n) is 4.22. The third-order valence-corrected chi connectivity index (χ3v) is 3.69. The molecule has 1 N–H and O–H groups in total. The van der Waals surface area contributed by atoms with Crippen LogP contribution in [0.1, 0.15) is 38.4 Å². The van der Waals surface area contributed by atoms with E-state index in [9.17, 15) is 0 Å². The normalized spacial score (nSPS) is 24.9. The molecule has 1 saturated carbocycles. The summed E-state index contributed by atoms with van der Waals surface area (Å²) in [6, 6.07) is 0.410. The van der Waals surface area contributed by atoms with Crippen LogP contribution < -0.4 is 5.32 Å². The van der Waals surface area contributed by atoms with Crippen molar-refractivity contribution in [2.24, 2.45) is 0 Å². The molecule has 1 aromatic rings. The smallest absolute Gasteiger partial charge is 0.202 e. The van der Waals surface area contributed by atoms with Crippen LogP contribution in [0.25, 0.3) is 0 Å². The molecular weight excluding hydrogens is 222 g/mol. The maximum absolute atomic E-state index is 5.44. The van der Waals surface area contributed by atoms with Crippen molar-refractivity contribution in [1.29, 1.82) is 0 Å². The van der Waals surface area contributed by atoms with Crippen molar-refractivity contribution >= 4 is 16.7 Å². The van der Waals surface area contributed by atoms with Gasteiger partial charge in [-0.25, -0.2) is 4.98 Å². The second kappa shape index (κ2) is 5.59. The fourth-order valence-electron chi connectivity index (χ4n) is 2.17. The minimum atomic E-state index is 0.332. The molecule has 0 spiro atoms. The lowest BCUT2D eigenvalue weighted by molar-refractivity contribution is 0.101. The van der Waals surface area contributed by atoms with Crippen LogP contribution in [-0.4, -0.2) is 28.6 Å². The second-order valence-corrected chi connectivity index (χ2v) is 4.97. The van der Waals surface area contributed by atoms with E-state index in [0.717, 1.165) is 30.2 Å². The van der Waals surface area contributed by atoms with Gasteiger partial charge < -0.3 is 10.1 Å². The topological polar surface area (TPSA) is 47.0 Å². The van der Waals surface area contributed by atoms with E-state index in [4.69, 9.17) is 4.74 Å². The number of nitrogens with one attached hydrogen (secondary N) is 1. The highest BCUT2D eigenvalue weighted by Crippen LogP contribution is 2.25. The molecule has 0 saturated heterocycles. The number of hydrogen-bond donors (Lipinski definition) is 1. The average molecular weight is 241 g/mol. The maximum atomic E-state index is 5.44. The highest BCUT2D eigenvalue weighted by molar-refractivity contribution is 7.09. The molecule has 0 amide bonds. The van der Waals surface area contributed by atoms with Gasteiger partial charge in [0.15, 0.2) is 0 Å². The summed E-state index contributed by atoms with van der Waals surface area (Å²) in [5.74, 6) is 0.960. The van der Waals surface area contributed by atoms with Gasteiger partial charge in [0.2, 0.25) is 5.13 Å². The van der Waals surface area contributed by atoms with Crippen LogP contribution in [0.15, 0.2) is 0 Å². The molecule has 1 heterocycles. The van der Waals surface area contributed by atoms with Crippen LogP contribution in [0.4, 0.5) is 5.13 Å². The van der Waals surface area contributed by atoms with Gasteiger partial charge in [0.25, 0.3) is 0 Å². The van der Waals surface area contributed by atoms with Crippen LogP contribution >= 0.6 is 11.5 Å². The molecule has 2 rings (SSSR count). The summed E-state index contributed by atoms with van der Waals surface area (Å²) in [6.45, 7) is 2.14. The summed E-state index contributed by atoms with van der Waals surface area (Å²) in [7, 11) is 1.78. The zero-order chi connectivity index (χ0) is 11.4. The lowest BCUT2D eigenvalue weighted by Gasteiger charge is -2.18. The van der Waals surface area contributed by atoms with Crippen LogP contribution in [0.5, 0.6) is 0 Å². The zero-order valence-corrected chi connectivity index (χ0v) is 10.7. The first-order valence-electron chi connectivity index (χ1n) is 5.95. The van der Waals surface area contributed by atoms with E-state index in [2.05, 4.69) is 21.6 Å². The molecule has 0 radical (unpaired) electrons. The number of rotatable bonds is 5. The molecule has 16 heavy (non-hydrogen) atoms. The number of nitrogens with zero attached hydrogens (tertiary/aromatic N) is 2. The van der Waals surface area contributed by atoms with Gasteiger partial charge in [-0.2, -0.15) is 4.37 Å². The summed E-state index contributed by atoms with van der Waals surface area (Å²) in [6.07, 6.45) is 5.95. The fraction of sp³-hybridized carbons (Fsp3) is 0.818. The molecule has 1 aliphatic carbocycles. The van der Waals surface area contributed by atoms with E-state index in [0.29, 0.717) is 12.1 Å². The monoisotopic (exact) mass is 241 g/mol. The highest BCUT2D eigenvalue weighted by Gasteiger charge is 2.27. The molecule has 90 valence electrons. The zero-order valence-electron chi connectivity index (χ0n) is 9.90. The van der Waals surface area contributed by atoms with E-state index in [1.807, 2.05) is 0 Å². The van der Waals surface area contributed by atoms with Crippen molar-refractivity contribution < 1.29 is 4.74 Å². The largest absolute Gasteiger partial charge is 0.379 e. The molecule has 2 unspecified atom stereocenters. The number of anilines is 1. The Morgan fingerprint density at radius 2 is 2.38 bits per heavy atom. The third-order valence-electron chi connectivity index (χ3n) is 3.01. The lowest BCUT2D eigenvalue weighted by Crippen LogP contribution is -2.29. The van der Waals surface area contributed by atoms with E-state index in [1.54, 1.807) is 7.11 Å². The number of ether oxygens (including phenoxy) is 1. The number of aromatic nitrogens is 2. The van der Waals surface area contributed by atoms with Gasteiger partial charge in [-0.1, -0.05) is 6.92 Å². The highest BCUT2D eigenvalue weighted by atomic mass is 32.1. The lowest BCUT2D eigenvalue weighted by atomic mass is 10.2. The molecular formula is C11H19N3OS. The summed E-state index contributed by atoms with van der Waals surface area (Å²) >= 11 is 1.46. The first kappa shape index (κ1) is 11.8. The van der Waals surface area contributed by atoms with Crippen molar-refractivity contribution in [1.82, 2.24) is 9.36 Å². The number of hydrogen-bond acceptors (Lipinski definition) is 5. The van der Waals surface area contributed by atoms with Crippen molar-refractivity contribution in [2.45, 2.75) is 51.2 Å². The summed E-state index contributed by atoms with van der Waals surface area (Å²) in [5, 5.41) is 4.38. The quantitative estimate of drug-likeness (QED) is 0.860. The van der Waals surface area contributed by atoms with Gasteiger partial charge >= 0.3 is 0 Å². The Morgan fingerprint density at radius 1 is 1.50 bits per heavy atom. The SMILES string of the molecule is CCCc1nsc(NC2CCCC2OC)n1. The van der Waals surface area contributed by atoms with Crippen molar-refractivity contribution in [3.05, 3.63) is 5.82 Å². The van der Waals surface area contributed by atoms with Gasteiger partial charge in [-0.15, -0.1) is 0 Å². The summed E-state index contributed by atoms with van der Waals surface area (Å²) in [4.78, 5) is 4.47. The molecule has 0 bridgehead atoms. The molecule has 1 fully saturated rings. The molecule has 0 aliphatic heterocycles. The van der Waals surface area contributed by atoms with Gasteiger partial charge in [-0.3, -0.25) is 0 Å². The Bertz CT molecular complexity index is 329. The van der Waals surface area contributed by atoms with Crippen LogP contribution in [0.2, 0.25) is 0 Å². The van der Waals surface area contributed by atoms with E-state index >= 15 is 0 Å². The summed E-state index contributed by atoms with van der Waals surface area (Å²) in [5.41, 5.74) is 0. The van der Waals surface area contributed by atoms with Gasteiger partial charge in [0, 0.05) is 25.1 Å². The Balaban J connectivity index is 1.92. The van der Waals surface area contributed by atoms with Crippen LogP contribution in [-0.2, 0) is 11.2 Å². The molecule has 4 nitrogen and oxygen atoms in total. The van der Waals surface area contributed by atoms with Crippen molar-refractivity contribution in [3.8, 4) is 0 Å². The average Bonchev–Trinajstić information content (AvgIpc) is 2.89. The van der Waals surface area contributed by atoms with E-state index in [1.165, 1.54) is 24.4 Å². The Hall–Kier alpha value is -0.680. The number of aryl methyl sites for hydroxylation is 1. The standard InChI is InChI=1S/C11H19N3OS/c1-3-5-10-13-11(16-14-10)12-8-6-4-7-9(8)15-2/h8-9H,3-7H2,1-2H3,(H,12,13,14). The van der Waals surface area contributed by atoms with Gasteiger partial charge in [0.05, 0.1) is 12.1 Å². The maximum Gasteiger partial charge on any atom is 0.202 e.